The lowest BCUT2D eigenvalue weighted by atomic mass is 9.80. The van der Waals surface area contributed by atoms with E-state index in [9.17, 15) is 4.39 Å². The summed E-state index contributed by atoms with van der Waals surface area (Å²) in [5.41, 5.74) is 0.697. The minimum absolute atomic E-state index is 0.183. The fourth-order valence-corrected chi connectivity index (χ4v) is 2.26. The molecule has 0 N–H and O–H groups in total. The van der Waals surface area contributed by atoms with Gasteiger partial charge in [-0.05, 0) is 46.8 Å². The summed E-state index contributed by atoms with van der Waals surface area (Å²) in [6.07, 6.45) is 3.31. The van der Waals surface area contributed by atoms with Crippen LogP contribution in [0.3, 0.4) is 0 Å². The Morgan fingerprint density at radius 3 is 2.62 bits per heavy atom. The molecule has 1 aromatic carbocycles. The maximum atomic E-state index is 13.6. The van der Waals surface area contributed by atoms with E-state index in [0.717, 1.165) is 12.8 Å². The van der Waals surface area contributed by atoms with E-state index in [-0.39, 0.29) is 5.82 Å². The number of benzene rings is 1. The minimum atomic E-state index is -0.183. The molecule has 1 saturated carbocycles. The molecule has 0 spiro atoms. The van der Waals surface area contributed by atoms with E-state index in [4.69, 9.17) is 11.6 Å². The topological polar surface area (TPSA) is 0 Å². The van der Waals surface area contributed by atoms with Gasteiger partial charge in [0, 0.05) is 10.6 Å². The average molecular weight is 264 g/mol. The molecular formula is C10H9BrClF. The highest BCUT2D eigenvalue weighted by Crippen LogP contribution is 2.42. The largest absolute Gasteiger partial charge is 0.205 e. The van der Waals surface area contributed by atoms with E-state index in [1.54, 1.807) is 12.1 Å². The third-order valence-electron chi connectivity index (χ3n) is 2.59. The van der Waals surface area contributed by atoms with Crippen LogP contribution in [0.1, 0.15) is 30.7 Å². The number of halogens is 3. The van der Waals surface area contributed by atoms with Crippen LogP contribution in [0, 0.1) is 5.82 Å². The summed E-state index contributed by atoms with van der Waals surface area (Å²) in [5, 5.41) is 0.561. The van der Waals surface area contributed by atoms with Crippen molar-refractivity contribution in [3.05, 3.63) is 33.0 Å². The Morgan fingerprint density at radius 1 is 1.38 bits per heavy atom. The van der Waals surface area contributed by atoms with Crippen molar-refractivity contribution in [1.29, 1.82) is 0 Å². The van der Waals surface area contributed by atoms with Crippen molar-refractivity contribution in [2.45, 2.75) is 25.2 Å². The second kappa shape index (κ2) is 3.58. The Labute approximate surface area is 90.2 Å². The normalized spacial score (nSPS) is 17.2. The van der Waals surface area contributed by atoms with Gasteiger partial charge in [0.25, 0.3) is 0 Å². The first-order chi connectivity index (χ1) is 6.20. The molecule has 0 bridgehead atoms. The first-order valence-electron chi connectivity index (χ1n) is 4.33. The van der Waals surface area contributed by atoms with Gasteiger partial charge < -0.3 is 0 Å². The van der Waals surface area contributed by atoms with Gasteiger partial charge in [-0.15, -0.1) is 0 Å². The third kappa shape index (κ3) is 1.62. The zero-order valence-corrected chi connectivity index (χ0v) is 9.33. The fourth-order valence-electron chi connectivity index (χ4n) is 1.61. The van der Waals surface area contributed by atoms with Crippen LogP contribution in [0.5, 0.6) is 0 Å². The summed E-state index contributed by atoms with van der Waals surface area (Å²) in [7, 11) is 0. The van der Waals surface area contributed by atoms with Crippen LogP contribution in [-0.4, -0.2) is 0 Å². The Hall–Kier alpha value is -0.0800. The predicted octanol–water partition coefficient (Wildman–Crippen LogP) is 4.51. The van der Waals surface area contributed by atoms with Crippen LogP contribution in [0.15, 0.2) is 16.6 Å². The Balaban J connectivity index is 2.46. The van der Waals surface area contributed by atoms with E-state index >= 15 is 0 Å². The molecule has 0 saturated heterocycles. The molecule has 2 rings (SSSR count). The van der Waals surface area contributed by atoms with Crippen molar-refractivity contribution in [2.75, 3.05) is 0 Å². The standard InChI is InChI=1S/C10H9BrClF/c11-7-4-5-8(12)9(10(7)13)6-2-1-3-6/h4-6H,1-3H2. The molecule has 13 heavy (non-hydrogen) atoms. The smallest absolute Gasteiger partial charge is 0.142 e. The molecule has 1 aliphatic carbocycles. The molecular weight excluding hydrogens is 254 g/mol. The lowest BCUT2D eigenvalue weighted by molar-refractivity contribution is 0.403. The fraction of sp³-hybridized carbons (Fsp3) is 0.400. The molecule has 3 heteroatoms. The highest BCUT2D eigenvalue weighted by atomic mass is 79.9. The van der Waals surface area contributed by atoms with Crippen LogP contribution >= 0.6 is 27.5 Å². The van der Waals surface area contributed by atoms with Gasteiger partial charge in [0.1, 0.15) is 5.82 Å². The summed E-state index contributed by atoms with van der Waals surface area (Å²) < 4.78 is 14.1. The molecule has 0 heterocycles. The van der Waals surface area contributed by atoms with Crippen LogP contribution in [0.25, 0.3) is 0 Å². The quantitative estimate of drug-likeness (QED) is 0.654. The van der Waals surface area contributed by atoms with Crippen molar-refractivity contribution in [3.8, 4) is 0 Å². The van der Waals surface area contributed by atoms with Crippen molar-refractivity contribution < 1.29 is 4.39 Å². The molecule has 1 aromatic rings. The monoisotopic (exact) mass is 262 g/mol. The Kier molecular flexibility index (Phi) is 2.61. The van der Waals surface area contributed by atoms with Gasteiger partial charge in [-0.25, -0.2) is 4.39 Å². The maximum absolute atomic E-state index is 13.6. The number of rotatable bonds is 1. The van der Waals surface area contributed by atoms with Gasteiger partial charge in [-0.1, -0.05) is 18.0 Å². The molecule has 0 radical (unpaired) electrons. The first kappa shape index (κ1) is 9.47. The Morgan fingerprint density at radius 2 is 2.08 bits per heavy atom. The van der Waals surface area contributed by atoms with Crippen LogP contribution < -0.4 is 0 Å². The van der Waals surface area contributed by atoms with Crippen LogP contribution in [-0.2, 0) is 0 Å². The molecule has 70 valence electrons. The predicted molar refractivity (Wildman–Crippen MR) is 55.7 cm³/mol. The second-order valence-corrected chi connectivity index (χ2v) is 4.65. The van der Waals surface area contributed by atoms with Crippen molar-refractivity contribution in [1.82, 2.24) is 0 Å². The number of hydrogen-bond donors (Lipinski definition) is 0. The highest BCUT2D eigenvalue weighted by molar-refractivity contribution is 9.10. The van der Waals surface area contributed by atoms with E-state index in [1.165, 1.54) is 6.42 Å². The van der Waals surface area contributed by atoms with E-state index in [2.05, 4.69) is 15.9 Å². The summed E-state index contributed by atoms with van der Waals surface area (Å²) >= 11 is 9.12. The van der Waals surface area contributed by atoms with Gasteiger partial charge in [0.15, 0.2) is 0 Å². The summed E-state index contributed by atoms with van der Waals surface area (Å²) in [6.45, 7) is 0. The molecule has 0 nitrogen and oxygen atoms in total. The molecule has 0 aromatic heterocycles. The highest BCUT2D eigenvalue weighted by Gasteiger charge is 2.25. The molecule has 1 aliphatic rings. The Bertz CT molecular complexity index is 334. The molecule has 0 aliphatic heterocycles. The lowest BCUT2D eigenvalue weighted by Crippen LogP contribution is -2.11. The van der Waals surface area contributed by atoms with Gasteiger partial charge in [-0.2, -0.15) is 0 Å². The molecule has 1 fully saturated rings. The zero-order chi connectivity index (χ0) is 9.42. The maximum Gasteiger partial charge on any atom is 0.142 e. The summed E-state index contributed by atoms with van der Waals surface area (Å²) in [6, 6.07) is 3.40. The molecule has 0 atom stereocenters. The van der Waals surface area contributed by atoms with Gasteiger partial charge in [0.05, 0.1) is 4.47 Å². The molecule has 0 amide bonds. The van der Waals surface area contributed by atoms with Crippen molar-refractivity contribution >= 4 is 27.5 Å². The van der Waals surface area contributed by atoms with Gasteiger partial charge >= 0.3 is 0 Å². The van der Waals surface area contributed by atoms with Crippen molar-refractivity contribution in [2.24, 2.45) is 0 Å². The van der Waals surface area contributed by atoms with E-state index in [0.29, 0.717) is 21.0 Å². The summed E-state index contributed by atoms with van der Waals surface area (Å²) in [5.74, 6) is 0.155. The van der Waals surface area contributed by atoms with E-state index < -0.39 is 0 Å². The summed E-state index contributed by atoms with van der Waals surface area (Å²) in [4.78, 5) is 0. The molecule has 0 unspecified atom stereocenters. The SMILES string of the molecule is Fc1c(Br)ccc(Cl)c1C1CCC1. The van der Waals surface area contributed by atoms with Crippen LogP contribution in [0.4, 0.5) is 4.39 Å². The van der Waals surface area contributed by atoms with Gasteiger partial charge in [-0.3, -0.25) is 0 Å². The minimum Gasteiger partial charge on any atom is -0.205 e. The van der Waals surface area contributed by atoms with Gasteiger partial charge in [0.2, 0.25) is 0 Å². The average Bonchev–Trinajstić information content (AvgIpc) is 2.02. The van der Waals surface area contributed by atoms with Crippen LogP contribution in [0.2, 0.25) is 5.02 Å². The van der Waals surface area contributed by atoms with Crippen molar-refractivity contribution in [3.63, 3.8) is 0 Å². The number of hydrogen-bond acceptors (Lipinski definition) is 0. The van der Waals surface area contributed by atoms with E-state index in [1.807, 2.05) is 0 Å². The second-order valence-electron chi connectivity index (χ2n) is 3.38. The first-order valence-corrected chi connectivity index (χ1v) is 5.50. The lowest BCUT2D eigenvalue weighted by Gasteiger charge is -2.27. The zero-order valence-electron chi connectivity index (χ0n) is 6.99. The third-order valence-corrected chi connectivity index (χ3v) is 3.53.